The van der Waals surface area contributed by atoms with Crippen molar-refractivity contribution in [2.45, 2.75) is 25.2 Å². The SMILES string of the molecule is CC1CNCCN1C(C(=O)N(C)C)c1ccc(C(F)(F)F)cc1. The summed E-state index contributed by atoms with van der Waals surface area (Å²) in [6.45, 7) is 4.18. The van der Waals surface area contributed by atoms with Gasteiger partial charge in [-0.15, -0.1) is 0 Å². The molecule has 7 heteroatoms. The molecule has 1 aromatic carbocycles. The van der Waals surface area contributed by atoms with E-state index in [1.54, 1.807) is 14.1 Å². The molecule has 1 heterocycles. The average molecular weight is 329 g/mol. The van der Waals surface area contributed by atoms with Gasteiger partial charge < -0.3 is 10.2 Å². The molecule has 1 aromatic rings. The number of hydrogen-bond donors (Lipinski definition) is 1. The molecule has 1 fully saturated rings. The van der Waals surface area contributed by atoms with Crippen molar-refractivity contribution in [3.63, 3.8) is 0 Å². The molecule has 1 aliphatic rings. The van der Waals surface area contributed by atoms with Crippen LogP contribution in [-0.2, 0) is 11.0 Å². The molecule has 2 rings (SSSR count). The summed E-state index contributed by atoms with van der Waals surface area (Å²) in [4.78, 5) is 16.1. The zero-order valence-electron chi connectivity index (χ0n) is 13.5. The summed E-state index contributed by atoms with van der Waals surface area (Å²) >= 11 is 0. The lowest BCUT2D eigenvalue weighted by atomic mass is 9.99. The Hall–Kier alpha value is -1.60. The van der Waals surface area contributed by atoms with Gasteiger partial charge in [-0.2, -0.15) is 13.2 Å². The van der Waals surface area contributed by atoms with Crippen LogP contribution < -0.4 is 5.32 Å². The Balaban J connectivity index is 2.35. The summed E-state index contributed by atoms with van der Waals surface area (Å²) in [5.74, 6) is -0.126. The fourth-order valence-electron chi connectivity index (χ4n) is 2.82. The van der Waals surface area contributed by atoms with Crippen LogP contribution in [0.2, 0.25) is 0 Å². The molecule has 1 aliphatic heterocycles. The first kappa shape index (κ1) is 17.7. The third-order valence-corrected chi connectivity index (χ3v) is 4.11. The van der Waals surface area contributed by atoms with Gasteiger partial charge in [-0.1, -0.05) is 12.1 Å². The molecule has 0 radical (unpaired) electrons. The molecular formula is C16H22F3N3O. The van der Waals surface area contributed by atoms with E-state index in [-0.39, 0.29) is 11.9 Å². The molecule has 4 nitrogen and oxygen atoms in total. The van der Waals surface area contributed by atoms with E-state index in [0.29, 0.717) is 12.1 Å². The Labute approximate surface area is 134 Å². The van der Waals surface area contributed by atoms with Gasteiger partial charge in [0.25, 0.3) is 0 Å². The Bertz CT molecular complexity index is 542. The minimum Gasteiger partial charge on any atom is -0.347 e. The van der Waals surface area contributed by atoms with Gasteiger partial charge in [-0.25, -0.2) is 0 Å². The van der Waals surface area contributed by atoms with Crippen molar-refractivity contribution in [2.24, 2.45) is 0 Å². The van der Waals surface area contributed by atoms with Gasteiger partial charge >= 0.3 is 6.18 Å². The lowest BCUT2D eigenvalue weighted by Gasteiger charge is -2.40. The number of amides is 1. The highest BCUT2D eigenvalue weighted by atomic mass is 19.4. The third kappa shape index (κ3) is 4.03. The van der Waals surface area contributed by atoms with Crippen LogP contribution in [0.3, 0.4) is 0 Å². The minimum absolute atomic E-state index is 0.125. The normalized spacial score (nSPS) is 21.0. The number of halogens is 3. The molecule has 1 amide bonds. The molecule has 1 N–H and O–H groups in total. The van der Waals surface area contributed by atoms with E-state index >= 15 is 0 Å². The van der Waals surface area contributed by atoms with Crippen LogP contribution in [0.1, 0.15) is 24.1 Å². The first-order valence-corrected chi connectivity index (χ1v) is 7.56. The van der Waals surface area contributed by atoms with E-state index < -0.39 is 17.8 Å². The number of piperazine rings is 1. The number of benzene rings is 1. The number of hydrogen-bond acceptors (Lipinski definition) is 3. The Morgan fingerprint density at radius 2 is 1.91 bits per heavy atom. The fourth-order valence-corrected chi connectivity index (χ4v) is 2.82. The number of alkyl halides is 3. The second-order valence-electron chi connectivity index (χ2n) is 6.05. The van der Waals surface area contributed by atoms with Gasteiger partial charge in [-0.05, 0) is 24.6 Å². The Morgan fingerprint density at radius 1 is 1.30 bits per heavy atom. The predicted octanol–water partition coefficient (Wildman–Crippen LogP) is 2.13. The number of carbonyl (C=O) groups is 1. The smallest absolute Gasteiger partial charge is 0.347 e. The monoisotopic (exact) mass is 329 g/mol. The minimum atomic E-state index is -4.37. The topological polar surface area (TPSA) is 35.6 Å². The first-order valence-electron chi connectivity index (χ1n) is 7.56. The van der Waals surface area contributed by atoms with E-state index in [1.165, 1.54) is 17.0 Å². The fraction of sp³-hybridized carbons (Fsp3) is 0.562. The molecule has 0 aromatic heterocycles. The van der Waals surface area contributed by atoms with Gasteiger partial charge in [0, 0.05) is 39.8 Å². The van der Waals surface area contributed by atoms with Gasteiger partial charge in [0.15, 0.2) is 0 Å². The largest absolute Gasteiger partial charge is 0.416 e. The lowest BCUT2D eigenvalue weighted by Crippen LogP contribution is -2.54. The molecule has 0 bridgehead atoms. The standard InChI is InChI=1S/C16H22F3N3O/c1-11-10-20-8-9-22(11)14(15(23)21(2)3)12-4-6-13(7-5-12)16(17,18)19/h4-7,11,14,20H,8-10H2,1-3H3. The summed E-state index contributed by atoms with van der Waals surface area (Å²) < 4.78 is 38.2. The number of rotatable bonds is 3. The number of likely N-dealkylation sites (N-methyl/N-ethyl adjacent to an activating group) is 1. The van der Waals surface area contributed by atoms with Crippen LogP contribution in [0.5, 0.6) is 0 Å². The van der Waals surface area contributed by atoms with Crippen LogP contribution >= 0.6 is 0 Å². The predicted molar refractivity (Wildman–Crippen MR) is 81.9 cm³/mol. The zero-order valence-corrected chi connectivity index (χ0v) is 13.5. The quantitative estimate of drug-likeness (QED) is 0.923. The first-order chi connectivity index (χ1) is 10.7. The molecule has 2 unspecified atom stereocenters. The van der Waals surface area contributed by atoms with Crippen molar-refractivity contribution in [2.75, 3.05) is 33.7 Å². The van der Waals surface area contributed by atoms with Crippen molar-refractivity contribution in [1.82, 2.24) is 15.1 Å². The highest BCUT2D eigenvalue weighted by Crippen LogP contribution is 2.32. The number of nitrogens with zero attached hydrogens (tertiary/aromatic N) is 2. The highest BCUT2D eigenvalue weighted by Gasteiger charge is 2.35. The van der Waals surface area contributed by atoms with Crippen LogP contribution in [-0.4, -0.2) is 55.5 Å². The summed E-state index contributed by atoms with van der Waals surface area (Å²) in [7, 11) is 3.32. The molecule has 1 saturated heterocycles. The molecule has 23 heavy (non-hydrogen) atoms. The van der Waals surface area contributed by atoms with Crippen molar-refractivity contribution in [3.8, 4) is 0 Å². The second kappa shape index (κ2) is 6.88. The molecule has 2 atom stereocenters. The van der Waals surface area contributed by atoms with E-state index in [4.69, 9.17) is 0 Å². The molecular weight excluding hydrogens is 307 g/mol. The van der Waals surface area contributed by atoms with Crippen molar-refractivity contribution < 1.29 is 18.0 Å². The summed E-state index contributed by atoms with van der Waals surface area (Å²) in [5.41, 5.74) is -0.115. The number of carbonyl (C=O) groups excluding carboxylic acids is 1. The molecule has 0 aliphatic carbocycles. The Morgan fingerprint density at radius 3 is 2.39 bits per heavy atom. The van der Waals surface area contributed by atoms with Crippen molar-refractivity contribution >= 4 is 5.91 Å². The lowest BCUT2D eigenvalue weighted by molar-refractivity contribution is -0.137. The van der Waals surface area contributed by atoms with E-state index in [2.05, 4.69) is 5.32 Å². The van der Waals surface area contributed by atoms with Crippen LogP contribution in [0.25, 0.3) is 0 Å². The Kier molecular flexibility index (Phi) is 5.31. The second-order valence-corrected chi connectivity index (χ2v) is 6.05. The molecule has 0 saturated carbocycles. The van der Waals surface area contributed by atoms with Crippen LogP contribution in [0, 0.1) is 0 Å². The van der Waals surface area contributed by atoms with E-state index in [0.717, 1.165) is 25.2 Å². The van der Waals surface area contributed by atoms with Crippen LogP contribution in [0.4, 0.5) is 13.2 Å². The third-order valence-electron chi connectivity index (χ3n) is 4.11. The van der Waals surface area contributed by atoms with Gasteiger partial charge in [-0.3, -0.25) is 9.69 Å². The summed E-state index contributed by atoms with van der Waals surface area (Å²) in [6.07, 6.45) is -4.37. The molecule has 128 valence electrons. The van der Waals surface area contributed by atoms with Crippen LogP contribution in [0.15, 0.2) is 24.3 Å². The van der Waals surface area contributed by atoms with Gasteiger partial charge in [0.2, 0.25) is 5.91 Å². The van der Waals surface area contributed by atoms with E-state index in [1.807, 2.05) is 11.8 Å². The van der Waals surface area contributed by atoms with E-state index in [9.17, 15) is 18.0 Å². The maximum absolute atomic E-state index is 12.7. The zero-order chi connectivity index (χ0) is 17.2. The average Bonchev–Trinajstić information content (AvgIpc) is 2.49. The number of nitrogens with one attached hydrogen (secondary N) is 1. The van der Waals surface area contributed by atoms with Crippen molar-refractivity contribution in [3.05, 3.63) is 35.4 Å². The maximum Gasteiger partial charge on any atom is 0.416 e. The van der Waals surface area contributed by atoms with Gasteiger partial charge in [0.05, 0.1) is 5.56 Å². The van der Waals surface area contributed by atoms with Gasteiger partial charge in [0.1, 0.15) is 6.04 Å². The highest BCUT2D eigenvalue weighted by molar-refractivity contribution is 5.83. The summed E-state index contributed by atoms with van der Waals surface area (Å²) in [5, 5.41) is 3.25. The maximum atomic E-state index is 12.7. The van der Waals surface area contributed by atoms with Crippen molar-refractivity contribution in [1.29, 1.82) is 0 Å². The molecule has 0 spiro atoms. The summed E-state index contributed by atoms with van der Waals surface area (Å²) in [6, 6.07) is 4.45.